The fraction of sp³-hybridized carbons (Fsp3) is 0.667. The lowest BCUT2D eigenvalue weighted by molar-refractivity contribution is -0.199. The summed E-state index contributed by atoms with van der Waals surface area (Å²) in [4.78, 5) is 25.3. The molecule has 2 N–H and O–H groups in total. The number of carbonyl (C=O) groups excluding carboxylic acids is 2. The van der Waals surface area contributed by atoms with Gasteiger partial charge in [-0.1, -0.05) is 55.2 Å². The Kier molecular flexibility index (Phi) is 6.96. The second-order valence-electron chi connectivity index (χ2n) is 10.9. The van der Waals surface area contributed by atoms with Gasteiger partial charge in [-0.15, -0.1) is 0 Å². The number of rotatable bonds is 7. The Bertz CT molecular complexity index is 945. The van der Waals surface area contributed by atoms with Crippen LogP contribution in [0.25, 0.3) is 0 Å². The molecule has 2 bridgehead atoms. The topological polar surface area (TPSA) is 76.7 Å². The zero-order chi connectivity index (χ0) is 24.1. The highest BCUT2D eigenvalue weighted by atomic mass is 79.9. The van der Waals surface area contributed by atoms with Crippen molar-refractivity contribution in [3.63, 3.8) is 0 Å². The highest BCUT2D eigenvalue weighted by Gasteiger charge is 2.68. The van der Waals surface area contributed by atoms with Crippen LogP contribution in [0, 0.1) is 23.2 Å². The fourth-order valence-corrected chi connectivity index (χ4v) is 6.57. The van der Waals surface area contributed by atoms with Gasteiger partial charge in [0.05, 0.1) is 34.8 Å². The highest BCUT2D eigenvalue weighted by Crippen LogP contribution is 2.65. The average Bonchev–Trinajstić information content (AvgIpc) is 3.10. The third-order valence-electron chi connectivity index (χ3n) is 7.95. The number of hydrogen-bond acceptors (Lipinski definition) is 4. The summed E-state index contributed by atoms with van der Waals surface area (Å²) in [6.07, 6.45) is 2.97. The predicted molar refractivity (Wildman–Crippen MR) is 133 cm³/mol. The first-order chi connectivity index (χ1) is 15.4. The molecule has 3 aliphatic carbocycles. The van der Waals surface area contributed by atoms with E-state index < -0.39 is 13.0 Å². The van der Waals surface area contributed by atoms with Crippen molar-refractivity contribution in [1.82, 2.24) is 10.6 Å². The van der Waals surface area contributed by atoms with Crippen LogP contribution < -0.4 is 10.6 Å². The van der Waals surface area contributed by atoms with Gasteiger partial charge in [0.1, 0.15) is 0 Å². The van der Waals surface area contributed by atoms with E-state index in [9.17, 15) is 9.59 Å². The molecule has 4 fully saturated rings. The van der Waals surface area contributed by atoms with Gasteiger partial charge in [0.2, 0.25) is 5.91 Å². The molecule has 6 nitrogen and oxygen atoms in total. The number of halogens is 2. The van der Waals surface area contributed by atoms with Crippen LogP contribution in [0.4, 0.5) is 0 Å². The third kappa shape index (κ3) is 4.73. The molecule has 1 heterocycles. The first-order valence-corrected chi connectivity index (χ1v) is 12.9. The third-order valence-corrected chi connectivity index (χ3v) is 8.77. The summed E-state index contributed by atoms with van der Waals surface area (Å²) in [6.45, 7) is 10.9. The van der Waals surface area contributed by atoms with Gasteiger partial charge >= 0.3 is 7.12 Å². The zero-order valence-electron chi connectivity index (χ0n) is 19.9. The molecule has 2 amide bonds. The Balaban J connectivity index is 1.39. The lowest BCUT2D eigenvalue weighted by atomic mass is 9.43. The van der Waals surface area contributed by atoms with Crippen molar-refractivity contribution in [2.75, 3.05) is 6.54 Å². The summed E-state index contributed by atoms with van der Waals surface area (Å²) in [6, 6.07) is 5.03. The average molecular weight is 540 g/mol. The summed E-state index contributed by atoms with van der Waals surface area (Å²) >= 11 is 9.46. The molecule has 1 aromatic carbocycles. The van der Waals surface area contributed by atoms with Gasteiger partial charge in [-0.2, -0.15) is 0 Å². The Hall–Kier alpha value is -1.09. The smallest absolute Gasteiger partial charge is 0.404 e. The Morgan fingerprint density at radius 1 is 1.27 bits per heavy atom. The van der Waals surface area contributed by atoms with Gasteiger partial charge in [0.25, 0.3) is 5.91 Å². The normalized spacial score (nSPS) is 30.4. The van der Waals surface area contributed by atoms with E-state index in [1.54, 1.807) is 18.2 Å². The molecule has 0 aromatic heterocycles. The van der Waals surface area contributed by atoms with E-state index in [1.165, 1.54) is 6.42 Å². The second-order valence-corrected chi connectivity index (χ2v) is 12.3. The largest absolute Gasteiger partial charge is 0.481 e. The van der Waals surface area contributed by atoms with Crippen LogP contribution in [0.5, 0.6) is 0 Å². The molecule has 1 aliphatic heterocycles. The van der Waals surface area contributed by atoms with Crippen molar-refractivity contribution in [3.8, 4) is 0 Å². The van der Waals surface area contributed by atoms with Crippen LogP contribution in [-0.4, -0.2) is 43.1 Å². The highest BCUT2D eigenvalue weighted by molar-refractivity contribution is 9.10. The van der Waals surface area contributed by atoms with Crippen LogP contribution >= 0.6 is 27.5 Å². The molecule has 4 aliphatic rings. The van der Waals surface area contributed by atoms with Gasteiger partial charge in [0.15, 0.2) is 0 Å². The maximum atomic E-state index is 12.8. The lowest BCUT2D eigenvalue weighted by Crippen LogP contribution is -2.65. The van der Waals surface area contributed by atoms with Crippen LogP contribution in [0.3, 0.4) is 0 Å². The van der Waals surface area contributed by atoms with Crippen molar-refractivity contribution in [3.05, 3.63) is 33.3 Å². The molecule has 9 heteroatoms. The molecule has 3 saturated carbocycles. The van der Waals surface area contributed by atoms with Crippen LogP contribution in [0.15, 0.2) is 22.7 Å². The molecular formula is C24H33BBrClN2O4. The van der Waals surface area contributed by atoms with E-state index in [0.717, 1.165) is 17.3 Å². The summed E-state index contributed by atoms with van der Waals surface area (Å²) in [5.74, 6) is 0.511. The van der Waals surface area contributed by atoms with Gasteiger partial charge in [0, 0.05) is 4.47 Å². The molecule has 5 atom stereocenters. The lowest BCUT2D eigenvalue weighted by Gasteiger charge is -2.64. The zero-order valence-corrected chi connectivity index (χ0v) is 22.3. The van der Waals surface area contributed by atoms with Crippen molar-refractivity contribution in [2.45, 2.75) is 71.5 Å². The number of nitrogens with one attached hydrogen (secondary N) is 2. The molecule has 33 heavy (non-hydrogen) atoms. The Morgan fingerprint density at radius 3 is 2.67 bits per heavy atom. The summed E-state index contributed by atoms with van der Waals surface area (Å²) in [5.41, 5.74) is 0.255. The monoisotopic (exact) mass is 538 g/mol. The van der Waals surface area contributed by atoms with E-state index >= 15 is 0 Å². The van der Waals surface area contributed by atoms with E-state index in [1.807, 2.05) is 0 Å². The maximum absolute atomic E-state index is 12.8. The van der Waals surface area contributed by atoms with Gasteiger partial charge in [-0.05, 0) is 67.6 Å². The SMILES string of the molecule is CC(C)C[C@H](NC(=O)CNC(=O)c1cc(Br)ccc1Cl)B1O[C@@H]2C[C@@H]3C[C@@H](C3(C)C)[C@]2(C)O1. The Labute approximate surface area is 210 Å². The number of hydrogen-bond donors (Lipinski definition) is 2. The second kappa shape index (κ2) is 9.17. The molecule has 180 valence electrons. The Morgan fingerprint density at radius 2 is 2.00 bits per heavy atom. The standard InChI is InChI=1S/C24H33BBrClN2O4/c1-13(2)8-20(25-32-19-10-14-9-18(23(14,3)4)24(19,5)33-25)29-21(30)12-28-22(31)16-11-15(26)6-7-17(16)27/h6-7,11,13-14,18-20H,8-10,12H2,1-5H3,(H,28,31)(H,29,30)/t14-,18-,19+,20-,24-/m0/s1. The van der Waals surface area contributed by atoms with E-state index in [4.69, 9.17) is 20.9 Å². The first kappa shape index (κ1) is 25.0. The molecule has 0 radical (unpaired) electrons. The summed E-state index contributed by atoms with van der Waals surface area (Å²) in [7, 11) is -0.489. The number of carbonyl (C=O) groups is 2. The molecule has 0 spiro atoms. The van der Waals surface area contributed by atoms with E-state index in [2.05, 4.69) is 61.2 Å². The van der Waals surface area contributed by atoms with Gasteiger partial charge < -0.3 is 19.9 Å². The molecule has 0 unspecified atom stereocenters. The minimum atomic E-state index is -0.489. The van der Waals surface area contributed by atoms with E-state index in [0.29, 0.717) is 28.3 Å². The quantitative estimate of drug-likeness (QED) is 0.496. The maximum Gasteiger partial charge on any atom is 0.481 e. The molecule has 5 rings (SSSR count). The van der Waals surface area contributed by atoms with Gasteiger partial charge in [-0.3, -0.25) is 9.59 Å². The summed E-state index contributed by atoms with van der Waals surface area (Å²) in [5, 5.41) is 6.05. The van der Waals surface area contributed by atoms with Crippen molar-refractivity contribution in [1.29, 1.82) is 0 Å². The fourth-order valence-electron chi connectivity index (χ4n) is 6.00. The molecule has 1 saturated heterocycles. The van der Waals surface area contributed by atoms with Crippen LogP contribution in [-0.2, 0) is 14.1 Å². The number of amides is 2. The number of benzene rings is 1. The van der Waals surface area contributed by atoms with Crippen molar-refractivity contribution < 1.29 is 18.9 Å². The minimum absolute atomic E-state index is 0.0595. The van der Waals surface area contributed by atoms with Gasteiger partial charge in [-0.25, -0.2) is 0 Å². The van der Waals surface area contributed by atoms with Crippen LogP contribution in [0.1, 0.15) is 64.2 Å². The first-order valence-electron chi connectivity index (χ1n) is 11.8. The van der Waals surface area contributed by atoms with E-state index in [-0.39, 0.29) is 35.5 Å². The predicted octanol–water partition coefficient (Wildman–Crippen LogP) is 4.63. The summed E-state index contributed by atoms with van der Waals surface area (Å²) < 4.78 is 13.7. The molecular weight excluding hydrogens is 506 g/mol. The minimum Gasteiger partial charge on any atom is -0.404 e. The van der Waals surface area contributed by atoms with Crippen LogP contribution in [0.2, 0.25) is 5.02 Å². The van der Waals surface area contributed by atoms with Crippen molar-refractivity contribution in [2.24, 2.45) is 23.2 Å². The molecule has 1 aromatic rings. The van der Waals surface area contributed by atoms with Crippen molar-refractivity contribution >= 4 is 46.5 Å².